The zero-order valence-corrected chi connectivity index (χ0v) is 9.41. The van der Waals surface area contributed by atoms with Crippen LogP contribution < -0.4 is 5.32 Å². The quantitative estimate of drug-likeness (QED) is 0.871. The number of pyridine rings is 1. The van der Waals surface area contributed by atoms with E-state index in [1.807, 2.05) is 5.38 Å². The number of nitrogens with one attached hydrogen (secondary N) is 1. The van der Waals surface area contributed by atoms with E-state index in [2.05, 4.69) is 15.3 Å². The molecule has 2 heterocycles. The van der Waals surface area contributed by atoms with Crippen molar-refractivity contribution in [2.45, 2.75) is 6.42 Å². The van der Waals surface area contributed by atoms with Crippen molar-refractivity contribution in [3.05, 3.63) is 46.7 Å². The lowest BCUT2D eigenvalue weighted by atomic mass is 10.2. The normalized spacial score (nSPS) is 10.0. The number of carbonyl (C=O) groups is 1. The molecule has 1 N–H and O–H groups in total. The number of hydrogen-bond donors (Lipinski definition) is 1. The predicted octanol–water partition coefficient (Wildman–Crippen LogP) is 1.51. The van der Waals surface area contributed by atoms with E-state index in [1.54, 1.807) is 42.1 Å². The summed E-state index contributed by atoms with van der Waals surface area (Å²) >= 11 is 1.60. The third kappa shape index (κ3) is 2.87. The van der Waals surface area contributed by atoms with Crippen LogP contribution in [0.15, 0.2) is 36.1 Å². The molecule has 0 aliphatic rings. The molecule has 0 radical (unpaired) electrons. The minimum Gasteiger partial charge on any atom is -0.352 e. The molecular formula is C11H11N3OS. The topological polar surface area (TPSA) is 54.9 Å². The molecule has 0 atom stereocenters. The lowest BCUT2D eigenvalue weighted by Crippen LogP contribution is -2.25. The SMILES string of the molecule is O=C(NCCc1nccs1)c1ccncc1. The maximum Gasteiger partial charge on any atom is 0.251 e. The van der Waals surface area contributed by atoms with Crippen molar-refractivity contribution in [1.29, 1.82) is 0 Å². The van der Waals surface area contributed by atoms with Gasteiger partial charge in [0.2, 0.25) is 0 Å². The molecule has 2 aromatic heterocycles. The number of rotatable bonds is 4. The first-order chi connectivity index (χ1) is 7.86. The fraction of sp³-hybridized carbons (Fsp3) is 0.182. The Kier molecular flexibility index (Phi) is 3.61. The molecule has 0 spiro atoms. The first-order valence-electron chi connectivity index (χ1n) is 4.93. The number of aromatic nitrogens is 2. The first-order valence-corrected chi connectivity index (χ1v) is 5.81. The molecule has 0 saturated carbocycles. The Bertz CT molecular complexity index is 442. The maximum atomic E-state index is 11.6. The van der Waals surface area contributed by atoms with Crippen LogP contribution in [0.2, 0.25) is 0 Å². The highest BCUT2D eigenvalue weighted by molar-refractivity contribution is 7.09. The minimum atomic E-state index is -0.0704. The summed E-state index contributed by atoms with van der Waals surface area (Å²) in [6.45, 7) is 0.606. The van der Waals surface area contributed by atoms with Crippen LogP contribution >= 0.6 is 11.3 Å². The first kappa shape index (κ1) is 10.8. The Hall–Kier alpha value is -1.75. The van der Waals surface area contributed by atoms with Crippen molar-refractivity contribution in [2.24, 2.45) is 0 Å². The van der Waals surface area contributed by atoms with Crippen LogP contribution in [0.5, 0.6) is 0 Å². The second kappa shape index (κ2) is 5.37. The summed E-state index contributed by atoms with van der Waals surface area (Å²) < 4.78 is 0. The number of amides is 1. The van der Waals surface area contributed by atoms with Crippen LogP contribution in [-0.2, 0) is 6.42 Å². The van der Waals surface area contributed by atoms with Crippen LogP contribution in [0.4, 0.5) is 0 Å². The molecule has 0 aromatic carbocycles. The van der Waals surface area contributed by atoms with Gasteiger partial charge in [0.1, 0.15) is 0 Å². The Morgan fingerprint density at radius 2 is 2.12 bits per heavy atom. The Morgan fingerprint density at radius 3 is 2.81 bits per heavy atom. The van der Waals surface area contributed by atoms with Gasteiger partial charge in [0.15, 0.2) is 0 Å². The average Bonchev–Trinajstić information content (AvgIpc) is 2.83. The Balaban J connectivity index is 1.81. The second-order valence-electron chi connectivity index (χ2n) is 3.17. The summed E-state index contributed by atoms with van der Waals surface area (Å²) in [5.74, 6) is -0.0704. The van der Waals surface area contributed by atoms with Crippen LogP contribution in [0.1, 0.15) is 15.4 Å². The molecule has 0 aliphatic carbocycles. The van der Waals surface area contributed by atoms with E-state index >= 15 is 0 Å². The molecular weight excluding hydrogens is 222 g/mol. The highest BCUT2D eigenvalue weighted by atomic mass is 32.1. The molecule has 4 nitrogen and oxygen atoms in total. The standard InChI is InChI=1S/C11H11N3OS/c15-11(9-1-4-12-5-2-9)14-6-3-10-13-7-8-16-10/h1-2,4-5,7-8H,3,6H2,(H,14,15). The van der Waals surface area contributed by atoms with Gasteiger partial charge in [-0.1, -0.05) is 0 Å². The zero-order chi connectivity index (χ0) is 11.2. The van der Waals surface area contributed by atoms with E-state index in [4.69, 9.17) is 0 Å². The van der Waals surface area contributed by atoms with Gasteiger partial charge in [0.05, 0.1) is 5.01 Å². The highest BCUT2D eigenvalue weighted by Gasteiger charge is 2.03. The van der Waals surface area contributed by atoms with E-state index in [0.29, 0.717) is 12.1 Å². The summed E-state index contributed by atoms with van der Waals surface area (Å²) in [4.78, 5) is 19.6. The van der Waals surface area contributed by atoms with Crippen LogP contribution in [0.25, 0.3) is 0 Å². The van der Waals surface area contributed by atoms with E-state index in [-0.39, 0.29) is 5.91 Å². The molecule has 0 unspecified atom stereocenters. The predicted molar refractivity (Wildman–Crippen MR) is 62.4 cm³/mol. The Labute approximate surface area is 97.4 Å². The largest absolute Gasteiger partial charge is 0.352 e. The van der Waals surface area contributed by atoms with Crippen molar-refractivity contribution in [3.63, 3.8) is 0 Å². The molecule has 0 fully saturated rings. The van der Waals surface area contributed by atoms with E-state index in [0.717, 1.165) is 11.4 Å². The van der Waals surface area contributed by atoms with Crippen molar-refractivity contribution >= 4 is 17.2 Å². The number of thiazole rings is 1. The van der Waals surface area contributed by atoms with Gasteiger partial charge in [-0.3, -0.25) is 9.78 Å². The second-order valence-corrected chi connectivity index (χ2v) is 4.15. The minimum absolute atomic E-state index is 0.0704. The smallest absolute Gasteiger partial charge is 0.251 e. The fourth-order valence-electron chi connectivity index (χ4n) is 1.26. The summed E-state index contributed by atoms with van der Waals surface area (Å²) in [6.07, 6.45) is 5.75. The molecule has 2 aromatic rings. The van der Waals surface area contributed by atoms with Gasteiger partial charge in [0, 0.05) is 42.5 Å². The molecule has 2 rings (SSSR count). The lowest BCUT2D eigenvalue weighted by Gasteiger charge is -2.02. The molecule has 82 valence electrons. The third-order valence-electron chi connectivity index (χ3n) is 2.05. The monoisotopic (exact) mass is 233 g/mol. The molecule has 0 bridgehead atoms. The fourth-order valence-corrected chi connectivity index (χ4v) is 1.89. The van der Waals surface area contributed by atoms with Crippen LogP contribution in [0, 0.1) is 0 Å². The molecule has 5 heteroatoms. The van der Waals surface area contributed by atoms with E-state index < -0.39 is 0 Å². The van der Waals surface area contributed by atoms with Crippen LogP contribution in [0.3, 0.4) is 0 Å². The lowest BCUT2D eigenvalue weighted by molar-refractivity contribution is 0.0954. The van der Waals surface area contributed by atoms with Crippen molar-refractivity contribution in [2.75, 3.05) is 6.54 Å². The molecule has 1 amide bonds. The molecule has 0 saturated heterocycles. The summed E-state index contributed by atoms with van der Waals surface area (Å²) in [7, 11) is 0. The Morgan fingerprint density at radius 1 is 1.31 bits per heavy atom. The zero-order valence-electron chi connectivity index (χ0n) is 8.59. The summed E-state index contributed by atoms with van der Waals surface area (Å²) in [6, 6.07) is 3.39. The van der Waals surface area contributed by atoms with Gasteiger partial charge in [-0.2, -0.15) is 0 Å². The van der Waals surface area contributed by atoms with Crippen molar-refractivity contribution < 1.29 is 4.79 Å². The van der Waals surface area contributed by atoms with Gasteiger partial charge in [-0.25, -0.2) is 4.98 Å². The van der Waals surface area contributed by atoms with E-state index in [1.165, 1.54) is 0 Å². The highest BCUT2D eigenvalue weighted by Crippen LogP contribution is 2.03. The molecule has 16 heavy (non-hydrogen) atoms. The van der Waals surface area contributed by atoms with Gasteiger partial charge in [-0.15, -0.1) is 11.3 Å². The summed E-state index contributed by atoms with van der Waals surface area (Å²) in [5.41, 5.74) is 0.633. The molecule has 0 aliphatic heterocycles. The maximum absolute atomic E-state index is 11.6. The number of carbonyl (C=O) groups excluding carboxylic acids is 1. The third-order valence-corrected chi connectivity index (χ3v) is 2.89. The van der Waals surface area contributed by atoms with Gasteiger partial charge in [0.25, 0.3) is 5.91 Å². The van der Waals surface area contributed by atoms with Crippen molar-refractivity contribution in [1.82, 2.24) is 15.3 Å². The number of nitrogens with zero attached hydrogens (tertiary/aromatic N) is 2. The van der Waals surface area contributed by atoms with Gasteiger partial charge >= 0.3 is 0 Å². The average molecular weight is 233 g/mol. The van der Waals surface area contributed by atoms with Crippen LogP contribution in [-0.4, -0.2) is 22.4 Å². The van der Waals surface area contributed by atoms with E-state index in [9.17, 15) is 4.79 Å². The van der Waals surface area contributed by atoms with Gasteiger partial charge in [-0.05, 0) is 12.1 Å². The van der Waals surface area contributed by atoms with Crippen molar-refractivity contribution in [3.8, 4) is 0 Å². The van der Waals surface area contributed by atoms with Gasteiger partial charge < -0.3 is 5.32 Å². The number of hydrogen-bond acceptors (Lipinski definition) is 4. The summed E-state index contributed by atoms with van der Waals surface area (Å²) in [5, 5.41) is 5.80.